The van der Waals surface area contributed by atoms with Crippen LogP contribution < -0.4 is 0 Å². The summed E-state index contributed by atoms with van der Waals surface area (Å²) in [6.45, 7) is 1.40. The van der Waals surface area contributed by atoms with Crippen molar-refractivity contribution >= 4 is 5.78 Å². The fraction of sp³-hybridized carbons (Fsp3) is 0.833. The van der Waals surface area contributed by atoms with Crippen molar-refractivity contribution in [1.29, 1.82) is 0 Å². The lowest BCUT2D eigenvalue weighted by Crippen LogP contribution is -2.53. The average molecular weight is 162 g/mol. The summed E-state index contributed by atoms with van der Waals surface area (Å²) in [5.74, 6) is -0.609. The van der Waals surface area contributed by atoms with E-state index in [1.54, 1.807) is 0 Å². The third-order valence-corrected chi connectivity index (χ3v) is 1.65. The number of aliphatic hydroxyl groups excluding tert-OH is 3. The maximum absolute atomic E-state index is 10.8. The van der Waals surface area contributed by atoms with Gasteiger partial charge >= 0.3 is 0 Å². The Morgan fingerprint density at radius 3 is 2.45 bits per heavy atom. The number of ether oxygens (including phenoxy) is 1. The molecule has 1 heterocycles. The van der Waals surface area contributed by atoms with Crippen molar-refractivity contribution in [3.63, 3.8) is 0 Å². The molecule has 11 heavy (non-hydrogen) atoms. The van der Waals surface area contributed by atoms with Crippen molar-refractivity contribution in [1.82, 2.24) is 0 Å². The van der Waals surface area contributed by atoms with E-state index in [0.29, 0.717) is 0 Å². The molecule has 0 radical (unpaired) electrons. The predicted molar refractivity (Wildman–Crippen MR) is 33.6 cm³/mol. The van der Waals surface area contributed by atoms with E-state index in [4.69, 9.17) is 15.3 Å². The number of carbonyl (C=O) groups excluding carboxylic acids is 1. The average Bonchev–Trinajstić information content (AvgIpc) is 1.97. The van der Waals surface area contributed by atoms with Crippen molar-refractivity contribution in [3.8, 4) is 0 Å². The predicted octanol–water partition coefficient (Wildman–Crippen LogP) is -1.99. The maximum atomic E-state index is 10.8. The Hall–Kier alpha value is -0.490. The van der Waals surface area contributed by atoms with Crippen molar-refractivity contribution in [2.45, 2.75) is 31.5 Å². The Balaban J connectivity index is 2.70. The van der Waals surface area contributed by atoms with Gasteiger partial charge in [-0.25, -0.2) is 0 Å². The lowest BCUT2D eigenvalue weighted by molar-refractivity contribution is -0.232. The summed E-state index contributed by atoms with van der Waals surface area (Å²) in [4.78, 5) is 10.8. The zero-order chi connectivity index (χ0) is 8.59. The molecule has 0 bridgehead atoms. The molecule has 1 aliphatic rings. The SMILES string of the molecule is CC1OC(O)C(O)C(O)C1=O. The molecule has 4 unspecified atom stereocenters. The molecule has 5 nitrogen and oxygen atoms in total. The molecule has 0 aromatic rings. The van der Waals surface area contributed by atoms with Gasteiger partial charge in [0.1, 0.15) is 18.3 Å². The van der Waals surface area contributed by atoms with Gasteiger partial charge in [0.25, 0.3) is 0 Å². The molecular weight excluding hydrogens is 152 g/mol. The first kappa shape index (κ1) is 8.61. The van der Waals surface area contributed by atoms with Gasteiger partial charge in [0.2, 0.25) is 0 Å². The van der Waals surface area contributed by atoms with Crippen molar-refractivity contribution in [2.24, 2.45) is 0 Å². The molecule has 0 aromatic heterocycles. The molecule has 1 rings (SSSR count). The Morgan fingerprint density at radius 2 is 1.91 bits per heavy atom. The van der Waals surface area contributed by atoms with E-state index in [1.165, 1.54) is 6.92 Å². The van der Waals surface area contributed by atoms with Gasteiger partial charge in [0.15, 0.2) is 12.1 Å². The van der Waals surface area contributed by atoms with Gasteiger partial charge in [-0.15, -0.1) is 0 Å². The third kappa shape index (κ3) is 1.41. The van der Waals surface area contributed by atoms with Crippen LogP contribution in [0.15, 0.2) is 0 Å². The smallest absolute Gasteiger partial charge is 0.192 e. The number of ketones is 1. The summed E-state index contributed by atoms with van der Waals surface area (Å²) in [5, 5.41) is 26.7. The fourth-order valence-electron chi connectivity index (χ4n) is 0.921. The van der Waals surface area contributed by atoms with Crippen LogP contribution in [0, 0.1) is 0 Å². The van der Waals surface area contributed by atoms with E-state index in [9.17, 15) is 4.79 Å². The van der Waals surface area contributed by atoms with Crippen LogP contribution >= 0.6 is 0 Å². The van der Waals surface area contributed by atoms with E-state index in [1.807, 2.05) is 0 Å². The highest BCUT2D eigenvalue weighted by atomic mass is 16.6. The summed E-state index contributed by atoms with van der Waals surface area (Å²) in [7, 11) is 0. The van der Waals surface area contributed by atoms with Crippen molar-refractivity contribution < 1.29 is 24.9 Å². The Bertz CT molecular complexity index is 168. The summed E-state index contributed by atoms with van der Waals surface area (Å²) in [6.07, 6.45) is -5.39. The molecule has 0 saturated carbocycles. The molecule has 1 aliphatic heterocycles. The topological polar surface area (TPSA) is 87.0 Å². The minimum atomic E-state index is -1.53. The van der Waals surface area contributed by atoms with Crippen LogP contribution in [0.25, 0.3) is 0 Å². The molecule has 1 saturated heterocycles. The van der Waals surface area contributed by atoms with Gasteiger partial charge in [-0.2, -0.15) is 0 Å². The first-order valence-corrected chi connectivity index (χ1v) is 3.27. The van der Waals surface area contributed by atoms with Crippen LogP contribution in [-0.4, -0.2) is 45.7 Å². The Labute approximate surface area is 63.2 Å². The lowest BCUT2D eigenvalue weighted by Gasteiger charge is -2.31. The summed E-state index contributed by atoms with van der Waals surface area (Å²) >= 11 is 0. The first-order valence-electron chi connectivity index (χ1n) is 3.27. The van der Waals surface area contributed by atoms with Crippen LogP contribution in [0.4, 0.5) is 0 Å². The van der Waals surface area contributed by atoms with E-state index < -0.39 is 30.4 Å². The van der Waals surface area contributed by atoms with E-state index in [-0.39, 0.29) is 0 Å². The van der Waals surface area contributed by atoms with E-state index >= 15 is 0 Å². The lowest BCUT2D eigenvalue weighted by atomic mass is 10.0. The zero-order valence-corrected chi connectivity index (χ0v) is 5.97. The second-order valence-corrected chi connectivity index (χ2v) is 2.51. The van der Waals surface area contributed by atoms with Crippen LogP contribution in [0.5, 0.6) is 0 Å². The summed E-state index contributed by atoms with van der Waals surface area (Å²) < 4.78 is 4.58. The standard InChI is InChI=1S/C6H10O5/c1-2-3(7)4(8)5(9)6(10)11-2/h2,4-6,8-10H,1H3. The molecule has 0 aliphatic carbocycles. The number of carbonyl (C=O) groups is 1. The third-order valence-electron chi connectivity index (χ3n) is 1.65. The quantitative estimate of drug-likeness (QED) is 0.384. The molecule has 4 atom stereocenters. The molecule has 0 spiro atoms. The largest absolute Gasteiger partial charge is 0.385 e. The number of rotatable bonds is 0. The molecule has 5 heteroatoms. The second-order valence-electron chi connectivity index (χ2n) is 2.51. The number of hydrogen-bond donors (Lipinski definition) is 3. The zero-order valence-electron chi connectivity index (χ0n) is 5.97. The van der Waals surface area contributed by atoms with E-state index in [2.05, 4.69) is 4.74 Å². The highest BCUT2D eigenvalue weighted by molar-refractivity contribution is 5.88. The second kappa shape index (κ2) is 2.86. The molecule has 1 fully saturated rings. The Morgan fingerprint density at radius 1 is 1.36 bits per heavy atom. The molecular formula is C6H10O5. The van der Waals surface area contributed by atoms with Gasteiger partial charge < -0.3 is 20.1 Å². The van der Waals surface area contributed by atoms with Gasteiger partial charge in [-0.1, -0.05) is 0 Å². The fourth-order valence-corrected chi connectivity index (χ4v) is 0.921. The van der Waals surface area contributed by atoms with Crippen LogP contribution in [0.1, 0.15) is 6.92 Å². The van der Waals surface area contributed by atoms with Gasteiger partial charge in [0.05, 0.1) is 0 Å². The van der Waals surface area contributed by atoms with Gasteiger partial charge in [-0.3, -0.25) is 4.79 Å². The monoisotopic (exact) mass is 162 g/mol. The first-order chi connectivity index (χ1) is 5.04. The minimum absolute atomic E-state index is 0.609. The van der Waals surface area contributed by atoms with E-state index in [0.717, 1.165) is 0 Å². The van der Waals surface area contributed by atoms with Crippen LogP contribution in [0.3, 0.4) is 0 Å². The minimum Gasteiger partial charge on any atom is -0.385 e. The summed E-state index contributed by atoms with van der Waals surface area (Å²) in [5.41, 5.74) is 0. The van der Waals surface area contributed by atoms with Crippen LogP contribution in [0.2, 0.25) is 0 Å². The highest BCUT2D eigenvalue weighted by Gasteiger charge is 2.40. The normalized spacial score (nSPS) is 46.0. The molecule has 64 valence electrons. The number of Topliss-reactive ketones (excluding diaryl/α,β-unsaturated/α-hetero) is 1. The van der Waals surface area contributed by atoms with Gasteiger partial charge in [0, 0.05) is 0 Å². The Kier molecular flexibility index (Phi) is 2.24. The highest BCUT2D eigenvalue weighted by Crippen LogP contribution is 2.14. The number of aliphatic hydroxyl groups is 3. The van der Waals surface area contributed by atoms with Crippen LogP contribution in [-0.2, 0) is 9.53 Å². The molecule has 3 N–H and O–H groups in total. The summed E-state index contributed by atoms with van der Waals surface area (Å²) in [6, 6.07) is 0. The molecule has 0 aromatic carbocycles. The molecule has 0 amide bonds. The van der Waals surface area contributed by atoms with Crippen molar-refractivity contribution in [3.05, 3.63) is 0 Å². The van der Waals surface area contributed by atoms with Gasteiger partial charge in [-0.05, 0) is 6.92 Å². The maximum Gasteiger partial charge on any atom is 0.192 e. The van der Waals surface area contributed by atoms with Crippen molar-refractivity contribution in [2.75, 3.05) is 0 Å². The number of hydrogen-bond acceptors (Lipinski definition) is 5.